The molecule has 0 aromatic carbocycles. The summed E-state index contributed by atoms with van der Waals surface area (Å²) in [5.74, 6) is 1.19. The summed E-state index contributed by atoms with van der Waals surface area (Å²) >= 11 is 0. The highest BCUT2D eigenvalue weighted by molar-refractivity contribution is 6.05. The van der Waals surface area contributed by atoms with E-state index in [0.717, 1.165) is 35.3 Å². The van der Waals surface area contributed by atoms with E-state index in [1.807, 2.05) is 41.9 Å². The summed E-state index contributed by atoms with van der Waals surface area (Å²) in [6.07, 6.45) is 5.68. The summed E-state index contributed by atoms with van der Waals surface area (Å²) in [7, 11) is 3.95. The fraction of sp³-hybridized carbons (Fsp3) is 0.476. The molecule has 1 saturated carbocycles. The van der Waals surface area contributed by atoms with E-state index in [4.69, 9.17) is 9.40 Å². The monoisotopic (exact) mass is 381 g/mol. The van der Waals surface area contributed by atoms with E-state index in [1.54, 1.807) is 12.5 Å². The summed E-state index contributed by atoms with van der Waals surface area (Å²) in [6.45, 7) is 4.60. The zero-order valence-corrected chi connectivity index (χ0v) is 16.8. The Labute approximate surface area is 164 Å². The average molecular weight is 381 g/mol. The van der Waals surface area contributed by atoms with Crippen LogP contribution in [0.4, 0.5) is 0 Å². The first-order valence-corrected chi connectivity index (χ1v) is 9.82. The van der Waals surface area contributed by atoms with Gasteiger partial charge in [-0.2, -0.15) is 5.10 Å². The third-order valence-corrected chi connectivity index (χ3v) is 5.27. The van der Waals surface area contributed by atoms with Crippen LogP contribution in [-0.2, 0) is 0 Å². The van der Waals surface area contributed by atoms with E-state index in [2.05, 4.69) is 24.3 Å². The van der Waals surface area contributed by atoms with Crippen LogP contribution in [0.2, 0.25) is 0 Å². The van der Waals surface area contributed by atoms with Gasteiger partial charge in [-0.1, -0.05) is 0 Å². The van der Waals surface area contributed by atoms with Gasteiger partial charge in [0, 0.05) is 24.2 Å². The van der Waals surface area contributed by atoms with Crippen LogP contribution in [0.25, 0.3) is 11.0 Å². The lowest BCUT2D eigenvalue weighted by Crippen LogP contribution is -2.34. The van der Waals surface area contributed by atoms with Crippen LogP contribution in [0, 0.1) is 0 Å². The second-order valence-electron chi connectivity index (χ2n) is 7.99. The molecule has 0 radical (unpaired) electrons. The molecule has 0 spiro atoms. The molecule has 28 heavy (non-hydrogen) atoms. The smallest absolute Gasteiger partial charge is 0.252 e. The molecule has 3 aromatic heterocycles. The highest BCUT2D eigenvalue weighted by Crippen LogP contribution is 2.40. The summed E-state index contributed by atoms with van der Waals surface area (Å²) < 4.78 is 7.43. The molecule has 1 fully saturated rings. The van der Waals surface area contributed by atoms with Crippen LogP contribution in [0.5, 0.6) is 0 Å². The Morgan fingerprint density at radius 2 is 2.18 bits per heavy atom. The lowest BCUT2D eigenvalue weighted by Gasteiger charge is -2.22. The quantitative estimate of drug-likeness (QED) is 0.678. The molecule has 148 valence electrons. The van der Waals surface area contributed by atoms with E-state index in [0.29, 0.717) is 18.0 Å². The number of nitrogens with zero attached hydrogens (tertiary/aromatic N) is 4. The van der Waals surface area contributed by atoms with Gasteiger partial charge in [0.1, 0.15) is 5.76 Å². The van der Waals surface area contributed by atoms with Gasteiger partial charge in [-0.05, 0) is 59.0 Å². The minimum Gasteiger partial charge on any atom is -0.468 e. The first-order chi connectivity index (χ1) is 13.5. The minimum atomic E-state index is -0.101. The van der Waals surface area contributed by atoms with Gasteiger partial charge in [-0.25, -0.2) is 9.67 Å². The van der Waals surface area contributed by atoms with E-state index in [1.165, 1.54) is 0 Å². The zero-order valence-electron chi connectivity index (χ0n) is 16.8. The van der Waals surface area contributed by atoms with Gasteiger partial charge < -0.3 is 9.73 Å². The molecule has 1 aliphatic carbocycles. The molecule has 7 nitrogen and oxygen atoms in total. The number of fused-ring (bicyclic) bond motifs is 1. The molecular formula is C21H27N5O2. The predicted molar refractivity (Wildman–Crippen MR) is 107 cm³/mol. The largest absolute Gasteiger partial charge is 0.468 e. The number of hydrogen-bond acceptors (Lipinski definition) is 5. The van der Waals surface area contributed by atoms with E-state index in [-0.39, 0.29) is 18.0 Å². The van der Waals surface area contributed by atoms with E-state index >= 15 is 0 Å². The molecule has 1 atom stereocenters. The van der Waals surface area contributed by atoms with Crippen molar-refractivity contribution in [3.8, 4) is 0 Å². The van der Waals surface area contributed by atoms with Crippen molar-refractivity contribution in [3.05, 3.63) is 47.7 Å². The number of carbonyl (C=O) groups is 1. The van der Waals surface area contributed by atoms with Crippen LogP contribution < -0.4 is 5.32 Å². The molecule has 4 rings (SSSR count). The number of likely N-dealkylation sites (N-methyl/N-ethyl adjacent to an activating group) is 1. The van der Waals surface area contributed by atoms with Gasteiger partial charge in [0.2, 0.25) is 0 Å². The fourth-order valence-electron chi connectivity index (χ4n) is 3.49. The summed E-state index contributed by atoms with van der Waals surface area (Å²) in [6, 6.07) is 5.89. The highest BCUT2D eigenvalue weighted by Gasteiger charge is 2.28. The molecule has 3 heterocycles. The zero-order chi connectivity index (χ0) is 19.8. The average Bonchev–Trinajstić information content (AvgIpc) is 3.19. The second-order valence-corrected chi connectivity index (χ2v) is 7.99. The van der Waals surface area contributed by atoms with Crippen molar-refractivity contribution >= 4 is 16.9 Å². The van der Waals surface area contributed by atoms with Gasteiger partial charge in [0.15, 0.2) is 5.65 Å². The summed E-state index contributed by atoms with van der Waals surface area (Å²) in [5, 5.41) is 8.36. The Balaban J connectivity index is 1.63. The molecule has 3 aromatic rings. The van der Waals surface area contributed by atoms with Crippen molar-refractivity contribution in [1.82, 2.24) is 25.0 Å². The van der Waals surface area contributed by atoms with Crippen LogP contribution in [0.3, 0.4) is 0 Å². The maximum absolute atomic E-state index is 13.1. The third-order valence-electron chi connectivity index (χ3n) is 5.27. The van der Waals surface area contributed by atoms with Crippen LogP contribution in [0.15, 0.2) is 35.1 Å². The topological polar surface area (TPSA) is 76.2 Å². The number of amides is 1. The highest BCUT2D eigenvalue weighted by atomic mass is 16.3. The van der Waals surface area contributed by atoms with E-state index < -0.39 is 0 Å². The molecule has 7 heteroatoms. The lowest BCUT2D eigenvalue weighted by atomic mass is 10.1. The number of pyridine rings is 1. The van der Waals surface area contributed by atoms with Crippen molar-refractivity contribution in [1.29, 1.82) is 0 Å². The fourth-order valence-corrected chi connectivity index (χ4v) is 3.49. The molecule has 0 saturated heterocycles. The second kappa shape index (κ2) is 7.39. The van der Waals surface area contributed by atoms with Gasteiger partial charge in [0.25, 0.3) is 5.91 Å². The molecule has 1 unspecified atom stereocenters. The van der Waals surface area contributed by atoms with Gasteiger partial charge in [-0.3, -0.25) is 9.69 Å². The Hall–Kier alpha value is -2.67. The number of rotatable bonds is 7. The standard InChI is InChI=1S/C21H27N5O2/c1-13(2)26-20-16(11-23-26)15(10-17(24-20)14-7-8-14)21(27)22-12-18(25(3)4)19-6-5-9-28-19/h5-6,9-11,13-14,18H,7-8,12H2,1-4H3,(H,22,27). The Morgan fingerprint density at radius 3 is 2.79 bits per heavy atom. The van der Waals surface area contributed by atoms with Gasteiger partial charge in [-0.15, -0.1) is 0 Å². The number of carbonyl (C=O) groups excluding carboxylic acids is 1. The number of furan rings is 1. The molecule has 1 aliphatic rings. The molecule has 0 bridgehead atoms. The van der Waals surface area contributed by atoms with Crippen molar-refractivity contribution in [2.75, 3.05) is 20.6 Å². The van der Waals surface area contributed by atoms with Crippen molar-refractivity contribution < 1.29 is 9.21 Å². The Morgan fingerprint density at radius 1 is 1.39 bits per heavy atom. The van der Waals surface area contributed by atoms with Crippen LogP contribution in [-0.4, -0.2) is 46.2 Å². The lowest BCUT2D eigenvalue weighted by molar-refractivity contribution is 0.0940. The maximum Gasteiger partial charge on any atom is 0.252 e. The summed E-state index contributed by atoms with van der Waals surface area (Å²) in [4.78, 5) is 20.0. The van der Waals surface area contributed by atoms with Crippen LogP contribution in [0.1, 0.15) is 66.5 Å². The van der Waals surface area contributed by atoms with E-state index in [9.17, 15) is 4.79 Å². The number of aromatic nitrogens is 3. The maximum atomic E-state index is 13.1. The van der Waals surface area contributed by atoms with Crippen molar-refractivity contribution in [2.45, 2.75) is 44.7 Å². The first-order valence-electron chi connectivity index (χ1n) is 9.82. The Bertz CT molecular complexity index is 970. The Kier molecular flexibility index (Phi) is 4.93. The minimum absolute atomic E-state index is 0.0300. The molecular weight excluding hydrogens is 354 g/mol. The normalized spacial score (nSPS) is 15.5. The van der Waals surface area contributed by atoms with Gasteiger partial charge in [0.05, 0.1) is 29.5 Å². The SMILES string of the molecule is CC(C)n1ncc2c(C(=O)NCC(c3ccco3)N(C)C)cc(C3CC3)nc21. The van der Waals surface area contributed by atoms with Crippen molar-refractivity contribution in [2.24, 2.45) is 0 Å². The van der Waals surface area contributed by atoms with Gasteiger partial charge >= 0.3 is 0 Å². The molecule has 1 amide bonds. The number of hydrogen-bond donors (Lipinski definition) is 1. The van der Waals surface area contributed by atoms with Crippen molar-refractivity contribution in [3.63, 3.8) is 0 Å². The number of nitrogens with one attached hydrogen (secondary N) is 1. The summed E-state index contributed by atoms with van der Waals surface area (Å²) in [5.41, 5.74) is 2.44. The molecule has 0 aliphatic heterocycles. The third kappa shape index (κ3) is 3.54. The first kappa shape index (κ1) is 18.7. The molecule has 1 N–H and O–H groups in total. The predicted octanol–water partition coefficient (Wildman–Crippen LogP) is 3.52. The van der Waals surface area contributed by atoms with Crippen LogP contribution >= 0.6 is 0 Å².